The van der Waals surface area contributed by atoms with Crippen molar-refractivity contribution in [3.63, 3.8) is 0 Å². The summed E-state index contributed by atoms with van der Waals surface area (Å²) in [6.07, 6.45) is 3.30. The Labute approximate surface area is 164 Å². The molecule has 1 saturated heterocycles. The lowest BCUT2D eigenvalue weighted by atomic mass is 9.92. The van der Waals surface area contributed by atoms with E-state index in [0.717, 1.165) is 29.9 Å². The summed E-state index contributed by atoms with van der Waals surface area (Å²) >= 11 is 1.26. The first kappa shape index (κ1) is 20.3. The van der Waals surface area contributed by atoms with E-state index in [4.69, 9.17) is 9.47 Å². The van der Waals surface area contributed by atoms with E-state index in [-0.39, 0.29) is 5.92 Å². The lowest BCUT2D eigenvalue weighted by Gasteiger charge is -2.31. The number of hydrogen-bond donors (Lipinski definition) is 0. The van der Waals surface area contributed by atoms with Crippen LogP contribution in [0.15, 0.2) is 27.9 Å². The van der Waals surface area contributed by atoms with Crippen LogP contribution in [0.1, 0.15) is 35.8 Å². The standard InChI is InChI=1S/C18H25N3O4S2/c1-14-19-12-16(13-25-10-9-24-2)18(20-14)15-5-7-21(8-6-15)27(22,23)17-4-3-11-26-17/h3-4,11-12,15H,5-10,13H2,1-2H3. The Morgan fingerprint density at radius 1 is 1.30 bits per heavy atom. The van der Waals surface area contributed by atoms with Crippen LogP contribution in [0.5, 0.6) is 0 Å². The van der Waals surface area contributed by atoms with E-state index in [2.05, 4.69) is 9.97 Å². The first-order valence-electron chi connectivity index (χ1n) is 8.95. The van der Waals surface area contributed by atoms with Gasteiger partial charge in [0.15, 0.2) is 0 Å². The smallest absolute Gasteiger partial charge is 0.252 e. The second kappa shape index (κ2) is 9.20. The first-order chi connectivity index (χ1) is 13.0. The number of hydrogen-bond acceptors (Lipinski definition) is 7. The molecule has 0 saturated carbocycles. The van der Waals surface area contributed by atoms with Crippen molar-refractivity contribution >= 4 is 21.4 Å². The molecule has 3 rings (SSSR count). The Hall–Kier alpha value is -1.39. The van der Waals surface area contributed by atoms with Crippen LogP contribution in [0.2, 0.25) is 0 Å². The number of nitrogens with zero attached hydrogens (tertiary/aromatic N) is 3. The highest BCUT2D eigenvalue weighted by atomic mass is 32.2. The predicted octanol–water partition coefficient (Wildman–Crippen LogP) is 2.58. The second-order valence-corrected chi connectivity index (χ2v) is 9.60. The monoisotopic (exact) mass is 411 g/mol. The highest BCUT2D eigenvalue weighted by Gasteiger charge is 2.31. The summed E-state index contributed by atoms with van der Waals surface area (Å²) in [5.74, 6) is 0.932. The largest absolute Gasteiger partial charge is 0.382 e. The van der Waals surface area contributed by atoms with Gasteiger partial charge in [0.2, 0.25) is 0 Å². The number of thiophene rings is 1. The molecule has 0 bridgehead atoms. The molecule has 0 aromatic carbocycles. The molecule has 2 aromatic rings. The maximum absolute atomic E-state index is 12.7. The third-order valence-electron chi connectivity index (χ3n) is 4.64. The highest BCUT2D eigenvalue weighted by molar-refractivity contribution is 7.91. The molecule has 7 nitrogen and oxygen atoms in total. The van der Waals surface area contributed by atoms with E-state index in [0.29, 0.717) is 37.1 Å². The molecule has 1 fully saturated rings. The van der Waals surface area contributed by atoms with Crippen LogP contribution in [0, 0.1) is 6.92 Å². The van der Waals surface area contributed by atoms with Crippen LogP contribution in [-0.2, 0) is 26.1 Å². The Morgan fingerprint density at radius 2 is 2.07 bits per heavy atom. The molecule has 0 aliphatic carbocycles. The van der Waals surface area contributed by atoms with Crippen molar-refractivity contribution < 1.29 is 17.9 Å². The van der Waals surface area contributed by atoms with Crippen molar-refractivity contribution in [2.24, 2.45) is 0 Å². The summed E-state index contributed by atoms with van der Waals surface area (Å²) in [6, 6.07) is 3.43. The number of rotatable bonds is 8. The van der Waals surface area contributed by atoms with E-state index in [1.165, 1.54) is 11.3 Å². The van der Waals surface area contributed by atoms with Crippen LogP contribution in [0.4, 0.5) is 0 Å². The summed E-state index contributed by atoms with van der Waals surface area (Å²) < 4.78 is 38.0. The van der Waals surface area contributed by atoms with Crippen molar-refractivity contribution in [2.45, 2.75) is 36.5 Å². The van der Waals surface area contributed by atoms with Crippen molar-refractivity contribution in [1.82, 2.24) is 14.3 Å². The van der Waals surface area contributed by atoms with Crippen LogP contribution in [0.25, 0.3) is 0 Å². The van der Waals surface area contributed by atoms with Gasteiger partial charge in [0.25, 0.3) is 10.0 Å². The Bertz CT molecular complexity index is 832. The van der Waals surface area contributed by atoms with E-state index in [9.17, 15) is 8.42 Å². The molecule has 1 aliphatic rings. The van der Waals surface area contributed by atoms with Crippen molar-refractivity contribution in [3.05, 3.63) is 40.8 Å². The summed E-state index contributed by atoms with van der Waals surface area (Å²) in [7, 11) is -1.74. The SMILES string of the molecule is COCCOCc1cnc(C)nc1C1CCN(S(=O)(=O)c2cccs2)CC1. The van der Waals surface area contributed by atoms with Crippen molar-refractivity contribution in [2.75, 3.05) is 33.4 Å². The van der Waals surface area contributed by atoms with Gasteiger partial charge in [0, 0.05) is 37.9 Å². The van der Waals surface area contributed by atoms with E-state index >= 15 is 0 Å². The lowest BCUT2D eigenvalue weighted by molar-refractivity contribution is 0.0608. The zero-order valence-electron chi connectivity index (χ0n) is 15.6. The van der Waals surface area contributed by atoms with Gasteiger partial charge in [0.1, 0.15) is 10.0 Å². The molecule has 0 atom stereocenters. The fourth-order valence-corrected chi connectivity index (χ4v) is 5.82. The Kier molecular flexibility index (Phi) is 6.93. The van der Waals surface area contributed by atoms with E-state index in [1.807, 2.05) is 13.1 Å². The molecule has 27 heavy (non-hydrogen) atoms. The summed E-state index contributed by atoms with van der Waals surface area (Å²) in [4.78, 5) is 8.94. The quantitative estimate of drug-likeness (QED) is 0.621. The second-order valence-electron chi connectivity index (χ2n) is 6.48. The van der Waals surface area contributed by atoms with Gasteiger partial charge < -0.3 is 9.47 Å². The number of ether oxygens (including phenoxy) is 2. The van der Waals surface area contributed by atoms with Gasteiger partial charge in [-0.2, -0.15) is 4.31 Å². The summed E-state index contributed by atoms with van der Waals surface area (Å²) in [5, 5.41) is 1.79. The average Bonchev–Trinajstić information content (AvgIpc) is 3.22. The van der Waals surface area contributed by atoms with Crippen molar-refractivity contribution in [3.8, 4) is 0 Å². The highest BCUT2D eigenvalue weighted by Crippen LogP contribution is 2.32. The van der Waals surface area contributed by atoms with Gasteiger partial charge in [-0.1, -0.05) is 6.07 Å². The number of aryl methyl sites for hydroxylation is 1. The molecule has 0 radical (unpaired) electrons. The zero-order valence-corrected chi connectivity index (χ0v) is 17.3. The predicted molar refractivity (Wildman–Crippen MR) is 103 cm³/mol. The van der Waals surface area contributed by atoms with Crippen LogP contribution in [0.3, 0.4) is 0 Å². The van der Waals surface area contributed by atoms with E-state index < -0.39 is 10.0 Å². The van der Waals surface area contributed by atoms with Crippen LogP contribution in [-0.4, -0.2) is 56.1 Å². The minimum absolute atomic E-state index is 0.211. The van der Waals surface area contributed by atoms with Gasteiger partial charge in [-0.15, -0.1) is 11.3 Å². The number of sulfonamides is 1. The maximum atomic E-state index is 12.7. The molecule has 0 amide bonds. The normalized spacial score (nSPS) is 16.7. The molecule has 0 unspecified atom stereocenters. The molecule has 2 aromatic heterocycles. The van der Waals surface area contributed by atoms with Gasteiger partial charge in [0.05, 0.1) is 25.5 Å². The summed E-state index contributed by atoms with van der Waals surface area (Å²) in [5.41, 5.74) is 1.95. The van der Waals surface area contributed by atoms with Gasteiger partial charge in [-0.05, 0) is 31.2 Å². The fourth-order valence-electron chi connectivity index (χ4n) is 3.21. The average molecular weight is 412 g/mol. The minimum Gasteiger partial charge on any atom is -0.382 e. The molecule has 9 heteroatoms. The minimum atomic E-state index is -3.38. The third kappa shape index (κ3) is 4.91. The lowest BCUT2D eigenvalue weighted by Crippen LogP contribution is -2.38. The van der Waals surface area contributed by atoms with Crippen LogP contribution < -0.4 is 0 Å². The number of piperidine rings is 1. The molecule has 0 N–H and O–H groups in total. The Morgan fingerprint density at radius 3 is 2.74 bits per heavy atom. The molecule has 0 spiro atoms. The first-order valence-corrected chi connectivity index (χ1v) is 11.3. The Balaban J connectivity index is 1.68. The van der Waals surface area contributed by atoms with Crippen molar-refractivity contribution in [1.29, 1.82) is 0 Å². The van der Waals surface area contributed by atoms with E-state index in [1.54, 1.807) is 28.9 Å². The van der Waals surface area contributed by atoms with Gasteiger partial charge >= 0.3 is 0 Å². The molecular formula is C18H25N3O4S2. The number of methoxy groups -OCH3 is 1. The molecular weight excluding hydrogens is 386 g/mol. The topological polar surface area (TPSA) is 81.6 Å². The van der Waals surface area contributed by atoms with Crippen LogP contribution >= 0.6 is 11.3 Å². The van der Waals surface area contributed by atoms with Gasteiger partial charge in [-0.25, -0.2) is 18.4 Å². The summed E-state index contributed by atoms with van der Waals surface area (Å²) in [6.45, 7) is 4.36. The number of aromatic nitrogens is 2. The molecule has 3 heterocycles. The maximum Gasteiger partial charge on any atom is 0.252 e. The fraction of sp³-hybridized carbons (Fsp3) is 0.556. The van der Waals surface area contributed by atoms with Gasteiger partial charge in [-0.3, -0.25) is 0 Å². The molecule has 148 valence electrons. The third-order valence-corrected chi connectivity index (χ3v) is 7.91. The zero-order chi connectivity index (χ0) is 19.3. The molecule has 1 aliphatic heterocycles.